The molecule has 0 saturated heterocycles. The van der Waals surface area contributed by atoms with Crippen LogP contribution in [0, 0.1) is 11.8 Å². The number of aromatic nitrogens is 4. The molecule has 8 nitrogen and oxygen atoms in total. The van der Waals surface area contributed by atoms with Gasteiger partial charge in [0.05, 0.1) is 17.8 Å². The molecule has 0 spiro atoms. The second-order valence-corrected chi connectivity index (χ2v) is 11.5. The van der Waals surface area contributed by atoms with Gasteiger partial charge in [0.25, 0.3) is 0 Å². The summed E-state index contributed by atoms with van der Waals surface area (Å²) in [6, 6.07) is 31.5. The molecule has 0 saturated carbocycles. The standard InChI is InChI=1S/C35H38N6O2/c1-24(2)22-41(23-25(3)4)33-19-16-27(30-12-8-9-13-31(30)35-37-39-40-38-35)21-32(33)36-34(42)20-26-14-17-29(18-15-26)43-28-10-6-5-7-11-28/h5-19,21,24-25H,20,22-23H2,1-4H3,(H,36,42)(H,37,38,39,40). The molecule has 0 bridgehead atoms. The zero-order valence-electron chi connectivity index (χ0n) is 25.1. The Morgan fingerprint density at radius 1 is 0.814 bits per heavy atom. The first-order valence-electron chi connectivity index (χ1n) is 14.7. The van der Waals surface area contributed by atoms with Gasteiger partial charge in [0, 0.05) is 18.7 Å². The molecule has 0 aliphatic carbocycles. The van der Waals surface area contributed by atoms with Gasteiger partial charge in [0.2, 0.25) is 5.91 Å². The number of carbonyl (C=O) groups is 1. The summed E-state index contributed by atoms with van der Waals surface area (Å²) in [6.45, 7) is 10.6. The van der Waals surface area contributed by atoms with E-state index in [0.717, 1.165) is 58.2 Å². The molecule has 0 fully saturated rings. The maximum atomic E-state index is 13.5. The summed E-state index contributed by atoms with van der Waals surface area (Å²) < 4.78 is 5.91. The van der Waals surface area contributed by atoms with Crippen LogP contribution in [0.1, 0.15) is 33.3 Å². The lowest BCUT2D eigenvalue weighted by atomic mass is 9.97. The highest BCUT2D eigenvalue weighted by Gasteiger charge is 2.19. The molecular formula is C35H38N6O2. The third kappa shape index (κ3) is 7.86. The molecule has 0 aliphatic heterocycles. The van der Waals surface area contributed by atoms with E-state index < -0.39 is 0 Å². The average molecular weight is 575 g/mol. The molecule has 43 heavy (non-hydrogen) atoms. The molecule has 1 heterocycles. The van der Waals surface area contributed by atoms with E-state index in [0.29, 0.717) is 17.7 Å². The number of benzene rings is 4. The molecule has 5 rings (SSSR count). The minimum Gasteiger partial charge on any atom is -0.457 e. The van der Waals surface area contributed by atoms with Gasteiger partial charge in [-0.1, -0.05) is 88.4 Å². The highest BCUT2D eigenvalue weighted by Crippen LogP contribution is 2.36. The summed E-state index contributed by atoms with van der Waals surface area (Å²) >= 11 is 0. The van der Waals surface area contributed by atoms with Gasteiger partial charge in [-0.2, -0.15) is 0 Å². The summed E-state index contributed by atoms with van der Waals surface area (Å²) in [6.07, 6.45) is 0.240. The van der Waals surface area contributed by atoms with Crippen molar-refractivity contribution in [2.45, 2.75) is 34.1 Å². The van der Waals surface area contributed by atoms with E-state index in [2.05, 4.69) is 76.7 Å². The van der Waals surface area contributed by atoms with Crippen molar-refractivity contribution < 1.29 is 9.53 Å². The van der Waals surface area contributed by atoms with Gasteiger partial charge in [0.15, 0.2) is 5.82 Å². The van der Waals surface area contributed by atoms with E-state index >= 15 is 0 Å². The average Bonchev–Trinajstić information content (AvgIpc) is 3.53. The van der Waals surface area contributed by atoms with Crippen molar-refractivity contribution in [2.24, 2.45) is 11.8 Å². The topological polar surface area (TPSA) is 96.0 Å². The van der Waals surface area contributed by atoms with Crippen LogP contribution < -0.4 is 15.0 Å². The number of hydrogen-bond acceptors (Lipinski definition) is 6. The number of nitrogens with one attached hydrogen (secondary N) is 2. The first-order valence-corrected chi connectivity index (χ1v) is 14.7. The normalized spacial score (nSPS) is 11.1. The summed E-state index contributed by atoms with van der Waals surface area (Å²) in [7, 11) is 0. The minimum absolute atomic E-state index is 0.0862. The van der Waals surface area contributed by atoms with Crippen LogP contribution in [0.4, 0.5) is 11.4 Å². The highest BCUT2D eigenvalue weighted by molar-refractivity contribution is 5.97. The van der Waals surface area contributed by atoms with Crippen molar-refractivity contribution in [2.75, 3.05) is 23.3 Å². The van der Waals surface area contributed by atoms with Crippen LogP contribution in [-0.2, 0) is 11.2 Å². The van der Waals surface area contributed by atoms with Gasteiger partial charge in [-0.25, -0.2) is 5.10 Å². The van der Waals surface area contributed by atoms with E-state index in [9.17, 15) is 4.79 Å². The number of amides is 1. The molecule has 0 atom stereocenters. The number of anilines is 2. The Morgan fingerprint density at radius 3 is 2.12 bits per heavy atom. The second kappa shape index (κ2) is 13.8. The predicted octanol–water partition coefficient (Wildman–Crippen LogP) is 7.63. The zero-order valence-corrected chi connectivity index (χ0v) is 25.1. The maximum Gasteiger partial charge on any atom is 0.228 e. The van der Waals surface area contributed by atoms with Crippen molar-refractivity contribution >= 4 is 17.3 Å². The molecule has 1 amide bonds. The van der Waals surface area contributed by atoms with Gasteiger partial charge in [-0.3, -0.25) is 4.79 Å². The Labute approximate surface area is 253 Å². The fraction of sp³-hybridized carbons (Fsp3) is 0.257. The van der Waals surface area contributed by atoms with Crippen molar-refractivity contribution in [3.8, 4) is 34.0 Å². The number of nitrogens with zero attached hydrogens (tertiary/aromatic N) is 4. The molecule has 8 heteroatoms. The lowest BCUT2D eigenvalue weighted by molar-refractivity contribution is -0.115. The van der Waals surface area contributed by atoms with Crippen LogP contribution in [-0.4, -0.2) is 39.6 Å². The molecule has 0 unspecified atom stereocenters. The SMILES string of the molecule is CC(C)CN(CC(C)C)c1ccc(-c2ccccc2-c2nnn[nH]2)cc1NC(=O)Cc1ccc(Oc2ccccc2)cc1. The summed E-state index contributed by atoms with van der Waals surface area (Å²) in [5, 5.41) is 17.8. The van der Waals surface area contributed by atoms with E-state index in [-0.39, 0.29) is 12.3 Å². The van der Waals surface area contributed by atoms with Crippen molar-refractivity contribution in [3.63, 3.8) is 0 Å². The number of para-hydroxylation sites is 1. The molecule has 0 aliphatic rings. The van der Waals surface area contributed by atoms with Crippen LogP contribution in [0.2, 0.25) is 0 Å². The lowest BCUT2D eigenvalue weighted by Crippen LogP contribution is -2.32. The quantitative estimate of drug-likeness (QED) is 0.159. The molecule has 2 N–H and O–H groups in total. The van der Waals surface area contributed by atoms with Crippen molar-refractivity contribution in [1.29, 1.82) is 0 Å². The fourth-order valence-electron chi connectivity index (χ4n) is 5.13. The predicted molar refractivity (Wildman–Crippen MR) is 172 cm³/mol. The van der Waals surface area contributed by atoms with Gasteiger partial charge in [-0.05, 0) is 75.4 Å². The third-order valence-electron chi connectivity index (χ3n) is 6.89. The Hall–Kier alpha value is -4.98. The smallest absolute Gasteiger partial charge is 0.228 e. The number of aromatic amines is 1. The van der Waals surface area contributed by atoms with Crippen molar-refractivity contribution in [1.82, 2.24) is 20.6 Å². The fourth-order valence-corrected chi connectivity index (χ4v) is 5.13. The van der Waals surface area contributed by atoms with E-state index in [1.54, 1.807) is 0 Å². The maximum absolute atomic E-state index is 13.5. The Bertz CT molecular complexity index is 1610. The third-order valence-corrected chi connectivity index (χ3v) is 6.89. The highest BCUT2D eigenvalue weighted by atomic mass is 16.5. The molecule has 4 aromatic carbocycles. The van der Waals surface area contributed by atoms with Crippen molar-refractivity contribution in [3.05, 3.63) is 103 Å². The molecule has 1 aromatic heterocycles. The number of tetrazole rings is 1. The number of carbonyl (C=O) groups excluding carboxylic acids is 1. The lowest BCUT2D eigenvalue weighted by Gasteiger charge is -2.31. The van der Waals surface area contributed by atoms with Crippen LogP contribution in [0.15, 0.2) is 97.1 Å². The van der Waals surface area contributed by atoms with Gasteiger partial charge >= 0.3 is 0 Å². The van der Waals surface area contributed by atoms with Gasteiger partial charge in [0.1, 0.15) is 11.5 Å². The molecule has 0 radical (unpaired) electrons. The zero-order chi connectivity index (χ0) is 30.2. The van der Waals surface area contributed by atoms with Crippen LogP contribution in [0.3, 0.4) is 0 Å². The van der Waals surface area contributed by atoms with E-state index in [1.807, 2.05) is 78.9 Å². The van der Waals surface area contributed by atoms with E-state index in [4.69, 9.17) is 4.74 Å². The Balaban J connectivity index is 1.43. The molecule has 5 aromatic rings. The number of H-pyrrole nitrogens is 1. The van der Waals surface area contributed by atoms with Gasteiger partial charge in [-0.15, -0.1) is 5.10 Å². The number of ether oxygens (including phenoxy) is 1. The minimum atomic E-state index is -0.0862. The summed E-state index contributed by atoms with van der Waals surface area (Å²) in [5.74, 6) is 2.91. The largest absolute Gasteiger partial charge is 0.457 e. The Morgan fingerprint density at radius 2 is 1.47 bits per heavy atom. The van der Waals surface area contributed by atoms with Gasteiger partial charge < -0.3 is 15.0 Å². The van der Waals surface area contributed by atoms with Crippen LogP contribution in [0.5, 0.6) is 11.5 Å². The molecular weight excluding hydrogens is 536 g/mol. The Kier molecular flexibility index (Phi) is 9.46. The summed E-state index contributed by atoms with van der Waals surface area (Å²) in [5.41, 5.74) is 5.50. The summed E-state index contributed by atoms with van der Waals surface area (Å²) in [4.78, 5) is 15.9. The first-order chi connectivity index (χ1) is 20.9. The van der Waals surface area contributed by atoms with Crippen LogP contribution in [0.25, 0.3) is 22.5 Å². The van der Waals surface area contributed by atoms with E-state index in [1.165, 1.54) is 0 Å². The number of rotatable bonds is 12. The second-order valence-electron chi connectivity index (χ2n) is 11.5. The first kappa shape index (κ1) is 29.5. The monoisotopic (exact) mass is 574 g/mol. The van der Waals surface area contributed by atoms with Crippen LogP contribution >= 0.6 is 0 Å². The number of hydrogen-bond donors (Lipinski definition) is 2. The molecule has 220 valence electrons.